The molecule has 14 heteroatoms. The molecular weight excluding hydrogens is 750 g/mol. The third kappa shape index (κ3) is 8.84. The summed E-state index contributed by atoms with van der Waals surface area (Å²) in [6.07, 6.45) is 4.34. The number of nitrogens with zero attached hydrogens (tertiary/aromatic N) is 5. The Labute approximate surface area is 338 Å². The lowest BCUT2D eigenvalue weighted by Gasteiger charge is -2.51. The van der Waals surface area contributed by atoms with Crippen LogP contribution in [0.25, 0.3) is 0 Å². The van der Waals surface area contributed by atoms with Crippen molar-refractivity contribution < 1.29 is 37.0 Å². The van der Waals surface area contributed by atoms with E-state index in [4.69, 9.17) is 9.47 Å². The van der Waals surface area contributed by atoms with Crippen LogP contribution in [0.4, 0.5) is 13.2 Å². The van der Waals surface area contributed by atoms with Crippen molar-refractivity contribution in [1.29, 1.82) is 0 Å². The standard InChI is InChI=1S/C44H55F3N6O5/c1-42(2)20-37(42)41(56)52-28-43(29-52)27-51(40(55)33-21-49-53(23-33)22-30-6-8-35(45)9-7-30)24-34(43)26-58-25-32-4-3-5-36(31-10-12-44(46,47)13-11-31)38(32)39(54)48-14-15-50-16-18-57-19-17-50/h3-9,21,23,31,34,37H,10-20,22,24-29H2,1-2H3,(H,48,54)/t34-,37+/m0/s1. The number of hydrogen-bond acceptors (Lipinski definition) is 7. The van der Waals surface area contributed by atoms with Crippen molar-refractivity contribution in [2.45, 2.75) is 70.9 Å². The second-order valence-corrected chi connectivity index (χ2v) is 18.0. The first-order chi connectivity index (χ1) is 27.8. The van der Waals surface area contributed by atoms with Crippen LogP contribution in [0.15, 0.2) is 54.9 Å². The molecule has 3 amide bonds. The highest BCUT2D eigenvalue weighted by Crippen LogP contribution is 2.55. The summed E-state index contributed by atoms with van der Waals surface area (Å²) in [6.45, 7) is 11.1. The Morgan fingerprint density at radius 2 is 1.69 bits per heavy atom. The Hall–Kier alpha value is -4.27. The van der Waals surface area contributed by atoms with Crippen LogP contribution < -0.4 is 5.32 Å². The van der Waals surface area contributed by atoms with Crippen molar-refractivity contribution in [3.05, 3.63) is 88.5 Å². The van der Waals surface area contributed by atoms with E-state index in [2.05, 4.69) is 29.2 Å². The fourth-order valence-electron chi connectivity index (χ4n) is 9.54. The van der Waals surface area contributed by atoms with Crippen molar-refractivity contribution in [3.8, 4) is 0 Å². The molecule has 0 unspecified atom stereocenters. The van der Waals surface area contributed by atoms with Crippen LogP contribution in [-0.2, 0) is 27.4 Å². The van der Waals surface area contributed by atoms with Gasteiger partial charge in [0.25, 0.3) is 11.8 Å². The van der Waals surface area contributed by atoms with E-state index in [0.717, 1.165) is 30.6 Å². The van der Waals surface area contributed by atoms with Gasteiger partial charge in [-0.1, -0.05) is 44.2 Å². The van der Waals surface area contributed by atoms with E-state index in [1.54, 1.807) is 29.2 Å². The predicted octanol–water partition coefficient (Wildman–Crippen LogP) is 5.59. The first kappa shape index (κ1) is 40.5. The number of carbonyl (C=O) groups excluding carboxylic acids is 3. The first-order valence-corrected chi connectivity index (χ1v) is 20.8. The summed E-state index contributed by atoms with van der Waals surface area (Å²) < 4.78 is 55.5. The SMILES string of the molecule is CC1(C)C[C@@H]1C(=O)N1CC2(CN(C(=O)c3cnn(Cc4ccc(F)cc4)c3)C[C@H]2COCc2cccc(C3CCC(F)(F)CC3)c2C(=O)NCCN2CCOCC2)C1. The molecule has 2 saturated carbocycles. The molecule has 11 nitrogen and oxygen atoms in total. The Bertz CT molecular complexity index is 1970. The molecule has 2 atom stereocenters. The molecule has 8 rings (SSSR count). The van der Waals surface area contributed by atoms with Gasteiger partial charge in [-0.05, 0) is 59.4 Å². The molecule has 1 N–H and O–H groups in total. The molecule has 5 aliphatic rings. The highest BCUT2D eigenvalue weighted by Gasteiger charge is 2.60. The fourth-order valence-corrected chi connectivity index (χ4v) is 9.54. The summed E-state index contributed by atoms with van der Waals surface area (Å²) in [5.74, 6) is -3.43. The quantitative estimate of drug-likeness (QED) is 0.240. The van der Waals surface area contributed by atoms with Crippen molar-refractivity contribution in [2.75, 3.05) is 72.2 Å². The molecule has 2 aliphatic carbocycles. The summed E-state index contributed by atoms with van der Waals surface area (Å²) >= 11 is 0. The lowest BCUT2D eigenvalue weighted by Crippen LogP contribution is -2.63. The summed E-state index contributed by atoms with van der Waals surface area (Å²) in [5.41, 5.74) is 2.96. The maximum Gasteiger partial charge on any atom is 0.257 e. The van der Waals surface area contributed by atoms with Gasteiger partial charge in [0.2, 0.25) is 11.8 Å². The normalized spacial score (nSPS) is 23.8. The molecule has 3 aromatic rings. The molecule has 5 fully saturated rings. The van der Waals surface area contributed by atoms with Crippen LogP contribution >= 0.6 is 0 Å². The van der Waals surface area contributed by atoms with Gasteiger partial charge >= 0.3 is 0 Å². The van der Waals surface area contributed by atoms with E-state index in [9.17, 15) is 27.6 Å². The number of amides is 3. The highest BCUT2D eigenvalue weighted by molar-refractivity contribution is 5.97. The molecule has 1 aromatic heterocycles. The maximum atomic E-state index is 14.2. The van der Waals surface area contributed by atoms with Gasteiger partial charge in [-0.3, -0.25) is 24.0 Å². The summed E-state index contributed by atoms with van der Waals surface area (Å²) in [7, 11) is 0. The highest BCUT2D eigenvalue weighted by atomic mass is 19.3. The molecular formula is C44H55F3N6O5. The molecule has 3 aliphatic heterocycles. The monoisotopic (exact) mass is 804 g/mol. The van der Waals surface area contributed by atoms with Crippen LogP contribution in [0.2, 0.25) is 0 Å². The van der Waals surface area contributed by atoms with Crippen LogP contribution in [0.1, 0.15) is 89.3 Å². The molecule has 312 valence electrons. The van der Waals surface area contributed by atoms with Crippen molar-refractivity contribution in [3.63, 3.8) is 0 Å². The van der Waals surface area contributed by atoms with Gasteiger partial charge in [0.05, 0.1) is 44.7 Å². The average Bonchev–Trinajstić information content (AvgIpc) is 3.46. The van der Waals surface area contributed by atoms with E-state index in [-0.39, 0.29) is 71.6 Å². The minimum atomic E-state index is -2.69. The number of halogens is 3. The third-order valence-electron chi connectivity index (χ3n) is 13.3. The topological polar surface area (TPSA) is 109 Å². The number of morpholine rings is 1. The van der Waals surface area contributed by atoms with Gasteiger partial charge in [-0.25, -0.2) is 13.2 Å². The van der Waals surface area contributed by atoms with Gasteiger partial charge < -0.3 is 24.6 Å². The van der Waals surface area contributed by atoms with Crippen molar-refractivity contribution in [1.82, 2.24) is 29.8 Å². The van der Waals surface area contributed by atoms with E-state index >= 15 is 0 Å². The lowest BCUT2D eigenvalue weighted by atomic mass is 9.71. The summed E-state index contributed by atoms with van der Waals surface area (Å²) in [5, 5.41) is 7.51. The summed E-state index contributed by atoms with van der Waals surface area (Å²) in [4.78, 5) is 47.4. The van der Waals surface area contributed by atoms with Gasteiger partial charge in [0.15, 0.2) is 0 Å². The van der Waals surface area contributed by atoms with Crippen LogP contribution in [0.5, 0.6) is 0 Å². The minimum absolute atomic E-state index is 0.00758. The number of likely N-dealkylation sites (tertiary alicyclic amines) is 2. The number of alkyl halides is 2. The number of rotatable bonds is 13. The van der Waals surface area contributed by atoms with E-state index in [0.29, 0.717) is 95.2 Å². The molecule has 1 spiro atoms. The predicted molar refractivity (Wildman–Crippen MR) is 210 cm³/mol. The second-order valence-electron chi connectivity index (χ2n) is 18.0. The Morgan fingerprint density at radius 3 is 2.40 bits per heavy atom. The summed E-state index contributed by atoms with van der Waals surface area (Å²) in [6, 6.07) is 11.8. The number of aromatic nitrogens is 2. The van der Waals surface area contributed by atoms with E-state index in [1.807, 2.05) is 28.0 Å². The maximum absolute atomic E-state index is 14.2. The zero-order chi connectivity index (χ0) is 40.7. The minimum Gasteiger partial charge on any atom is -0.379 e. The Kier molecular flexibility index (Phi) is 11.5. The number of carbonyl (C=O) groups is 3. The number of nitrogens with one attached hydrogen (secondary N) is 1. The van der Waals surface area contributed by atoms with Crippen LogP contribution in [0, 0.1) is 28.5 Å². The van der Waals surface area contributed by atoms with Gasteiger partial charge in [0.1, 0.15) is 5.82 Å². The number of benzene rings is 2. The van der Waals surface area contributed by atoms with Gasteiger partial charge in [-0.2, -0.15) is 5.10 Å². The lowest BCUT2D eigenvalue weighted by molar-refractivity contribution is -0.148. The number of hydrogen-bond donors (Lipinski definition) is 1. The van der Waals surface area contributed by atoms with Crippen molar-refractivity contribution >= 4 is 17.7 Å². The van der Waals surface area contributed by atoms with Gasteiger partial charge in [0, 0.05) is 94.2 Å². The molecule has 4 heterocycles. The van der Waals surface area contributed by atoms with E-state index in [1.165, 1.54) is 12.1 Å². The first-order valence-electron chi connectivity index (χ1n) is 20.8. The van der Waals surface area contributed by atoms with Crippen molar-refractivity contribution in [2.24, 2.45) is 22.7 Å². The van der Waals surface area contributed by atoms with E-state index < -0.39 is 5.92 Å². The average molecular weight is 805 g/mol. The Balaban J connectivity index is 0.967. The molecule has 0 radical (unpaired) electrons. The fraction of sp³-hybridized carbons (Fsp3) is 0.591. The molecule has 58 heavy (non-hydrogen) atoms. The molecule has 2 aromatic carbocycles. The zero-order valence-electron chi connectivity index (χ0n) is 33.6. The van der Waals surface area contributed by atoms with Crippen LogP contribution in [-0.4, -0.2) is 120 Å². The largest absolute Gasteiger partial charge is 0.379 e. The Morgan fingerprint density at radius 1 is 0.983 bits per heavy atom. The zero-order valence-corrected chi connectivity index (χ0v) is 33.6. The van der Waals surface area contributed by atoms with Gasteiger partial charge in [-0.15, -0.1) is 0 Å². The number of ether oxygens (including phenoxy) is 2. The molecule has 0 bridgehead atoms. The smallest absolute Gasteiger partial charge is 0.257 e. The molecule has 3 saturated heterocycles. The van der Waals surface area contributed by atoms with Crippen LogP contribution in [0.3, 0.4) is 0 Å². The second kappa shape index (κ2) is 16.4. The third-order valence-corrected chi connectivity index (χ3v) is 13.3.